The Kier molecular flexibility index (Phi) is 3.64. The minimum absolute atomic E-state index is 0. The van der Waals surface area contributed by atoms with Crippen LogP contribution in [0.25, 0.3) is 0 Å². The van der Waals surface area contributed by atoms with E-state index in [0.29, 0.717) is 0 Å². The predicted molar refractivity (Wildman–Crippen MR) is 41.5 cm³/mol. The molecular weight excluding hydrogens is 198 g/mol. The van der Waals surface area contributed by atoms with E-state index in [2.05, 4.69) is 4.98 Å². The average Bonchev–Trinajstić information content (AvgIpc) is 1.90. The molecule has 54 valence electrons. The molecule has 0 aliphatic heterocycles. The van der Waals surface area contributed by atoms with Crippen LogP contribution in [0.15, 0.2) is 24.4 Å². The number of carbonyl (C=O) groups is 1. The molecule has 0 aliphatic carbocycles. The second-order valence-electron chi connectivity index (χ2n) is 1.52. The summed E-state index contributed by atoms with van der Waals surface area (Å²) in [6.07, 6.45) is 1.45. The van der Waals surface area contributed by atoms with Crippen LogP contribution in [-0.2, 0) is 0 Å². The lowest BCUT2D eigenvalue weighted by Gasteiger charge is -1.87. The van der Waals surface area contributed by atoms with Gasteiger partial charge in [-0.3, -0.25) is 0 Å². The van der Waals surface area contributed by atoms with Crippen LogP contribution >= 0.6 is 17.0 Å². The molecule has 0 radical (unpaired) electrons. The minimum Gasteiger partial charge on any atom is -0.477 e. The molecule has 0 unspecified atom stereocenters. The van der Waals surface area contributed by atoms with Crippen LogP contribution < -0.4 is 0 Å². The number of halogens is 1. The molecular formula is C6H6BrNO2. The molecule has 0 aliphatic rings. The predicted octanol–water partition coefficient (Wildman–Crippen LogP) is 1.36. The van der Waals surface area contributed by atoms with Gasteiger partial charge < -0.3 is 5.11 Å². The maximum Gasteiger partial charge on any atom is 0.354 e. The molecule has 1 N–H and O–H groups in total. The normalized spacial score (nSPS) is 8.00. The molecule has 0 amide bonds. The van der Waals surface area contributed by atoms with E-state index >= 15 is 0 Å². The third-order valence-electron chi connectivity index (χ3n) is 0.884. The van der Waals surface area contributed by atoms with E-state index in [-0.39, 0.29) is 22.7 Å². The first kappa shape index (κ1) is 9.10. The van der Waals surface area contributed by atoms with Gasteiger partial charge in [-0.05, 0) is 12.1 Å². The van der Waals surface area contributed by atoms with Crippen molar-refractivity contribution in [2.24, 2.45) is 0 Å². The van der Waals surface area contributed by atoms with E-state index in [4.69, 9.17) is 5.11 Å². The lowest BCUT2D eigenvalue weighted by atomic mass is 10.4. The highest BCUT2D eigenvalue weighted by atomic mass is 79.9. The monoisotopic (exact) mass is 203 g/mol. The standard InChI is InChI=1S/C6H5NO2.BrH/c8-6(9)5-3-1-2-4-7-5;/h1-4H,(H,8,9);1H. The summed E-state index contributed by atoms with van der Waals surface area (Å²) in [5.41, 5.74) is 0.0810. The van der Waals surface area contributed by atoms with Gasteiger partial charge in [-0.15, -0.1) is 17.0 Å². The van der Waals surface area contributed by atoms with Crippen LogP contribution in [0.2, 0.25) is 0 Å². The summed E-state index contributed by atoms with van der Waals surface area (Å²) in [5.74, 6) is -0.990. The lowest BCUT2D eigenvalue weighted by Crippen LogP contribution is -1.97. The second-order valence-corrected chi connectivity index (χ2v) is 1.52. The number of carboxylic acid groups (broad SMARTS) is 1. The Balaban J connectivity index is 0.000000810. The zero-order valence-electron chi connectivity index (χ0n) is 5.02. The highest BCUT2D eigenvalue weighted by Crippen LogP contribution is 1.90. The third-order valence-corrected chi connectivity index (χ3v) is 0.884. The lowest BCUT2D eigenvalue weighted by molar-refractivity contribution is 0.0690. The van der Waals surface area contributed by atoms with Gasteiger partial charge in [-0.2, -0.15) is 0 Å². The van der Waals surface area contributed by atoms with Crippen molar-refractivity contribution in [1.82, 2.24) is 4.98 Å². The zero-order valence-corrected chi connectivity index (χ0v) is 6.73. The van der Waals surface area contributed by atoms with Crippen molar-refractivity contribution >= 4 is 23.0 Å². The number of rotatable bonds is 1. The molecule has 1 aromatic rings. The number of aromatic nitrogens is 1. The first-order valence-corrected chi connectivity index (χ1v) is 2.45. The van der Waals surface area contributed by atoms with Gasteiger partial charge in [0.05, 0.1) is 0 Å². The van der Waals surface area contributed by atoms with Gasteiger partial charge in [-0.1, -0.05) is 6.07 Å². The third kappa shape index (κ3) is 2.14. The van der Waals surface area contributed by atoms with E-state index in [1.165, 1.54) is 12.3 Å². The Bertz CT molecular complexity index is 212. The second kappa shape index (κ2) is 4.00. The molecule has 0 atom stereocenters. The number of nitrogens with zero attached hydrogens (tertiary/aromatic N) is 1. The van der Waals surface area contributed by atoms with Gasteiger partial charge in [0.15, 0.2) is 0 Å². The molecule has 0 aromatic carbocycles. The minimum atomic E-state index is -0.990. The van der Waals surface area contributed by atoms with E-state index in [9.17, 15) is 4.79 Å². The quantitative estimate of drug-likeness (QED) is 0.751. The fourth-order valence-corrected chi connectivity index (χ4v) is 0.489. The highest BCUT2D eigenvalue weighted by Gasteiger charge is 1.98. The molecule has 1 rings (SSSR count). The van der Waals surface area contributed by atoms with Gasteiger partial charge >= 0.3 is 5.97 Å². The maximum atomic E-state index is 10.1. The van der Waals surface area contributed by atoms with Gasteiger partial charge in [-0.25, -0.2) is 9.78 Å². The van der Waals surface area contributed by atoms with Crippen LogP contribution in [0.4, 0.5) is 0 Å². The molecule has 4 heteroatoms. The molecule has 0 bridgehead atoms. The van der Waals surface area contributed by atoms with Crippen molar-refractivity contribution < 1.29 is 9.90 Å². The smallest absolute Gasteiger partial charge is 0.354 e. The van der Waals surface area contributed by atoms with Crippen molar-refractivity contribution in [2.45, 2.75) is 0 Å². The van der Waals surface area contributed by atoms with E-state index < -0.39 is 5.97 Å². The number of hydrogen-bond donors (Lipinski definition) is 1. The number of hydrogen-bond acceptors (Lipinski definition) is 2. The van der Waals surface area contributed by atoms with Gasteiger partial charge in [0.1, 0.15) is 5.69 Å². The molecule has 0 fully saturated rings. The SMILES string of the molecule is Br.O=C(O)c1ccccn1. The van der Waals surface area contributed by atoms with Crippen LogP contribution in [0, 0.1) is 0 Å². The van der Waals surface area contributed by atoms with Crippen LogP contribution in [0.1, 0.15) is 10.5 Å². The van der Waals surface area contributed by atoms with E-state index in [0.717, 1.165) is 0 Å². The molecule has 1 heterocycles. The molecule has 0 saturated heterocycles. The Morgan fingerprint density at radius 1 is 1.50 bits per heavy atom. The van der Waals surface area contributed by atoms with Crippen LogP contribution in [-0.4, -0.2) is 16.1 Å². The molecule has 10 heavy (non-hydrogen) atoms. The fraction of sp³-hybridized carbons (Fsp3) is 0. The van der Waals surface area contributed by atoms with Crippen molar-refractivity contribution in [3.8, 4) is 0 Å². The summed E-state index contributed by atoms with van der Waals surface area (Å²) in [6, 6.07) is 4.76. The Hall–Kier alpha value is -0.900. The largest absolute Gasteiger partial charge is 0.477 e. The summed E-state index contributed by atoms with van der Waals surface area (Å²) < 4.78 is 0. The maximum absolute atomic E-state index is 10.1. The first-order valence-electron chi connectivity index (χ1n) is 2.45. The van der Waals surface area contributed by atoms with Crippen molar-refractivity contribution in [1.29, 1.82) is 0 Å². The molecule has 0 saturated carbocycles. The first-order chi connectivity index (χ1) is 4.30. The van der Waals surface area contributed by atoms with Crippen molar-refractivity contribution in [3.05, 3.63) is 30.1 Å². The fourth-order valence-electron chi connectivity index (χ4n) is 0.489. The van der Waals surface area contributed by atoms with Crippen molar-refractivity contribution in [2.75, 3.05) is 0 Å². The van der Waals surface area contributed by atoms with Gasteiger partial charge in [0.25, 0.3) is 0 Å². The Labute approximate surface area is 68.5 Å². The average molecular weight is 204 g/mol. The summed E-state index contributed by atoms with van der Waals surface area (Å²) in [5, 5.41) is 8.32. The van der Waals surface area contributed by atoms with Gasteiger partial charge in [0.2, 0.25) is 0 Å². The van der Waals surface area contributed by atoms with Gasteiger partial charge in [0, 0.05) is 6.20 Å². The summed E-state index contributed by atoms with van der Waals surface area (Å²) in [6.45, 7) is 0. The van der Waals surface area contributed by atoms with Crippen LogP contribution in [0.3, 0.4) is 0 Å². The Morgan fingerprint density at radius 3 is 2.50 bits per heavy atom. The number of carboxylic acids is 1. The summed E-state index contributed by atoms with van der Waals surface area (Å²) in [7, 11) is 0. The van der Waals surface area contributed by atoms with Crippen LogP contribution in [0.5, 0.6) is 0 Å². The summed E-state index contributed by atoms with van der Waals surface area (Å²) >= 11 is 0. The topological polar surface area (TPSA) is 50.2 Å². The zero-order chi connectivity index (χ0) is 6.69. The Morgan fingerprint density at radius 2 is 2.20 bits per heavy atom. The molecule has 0 spiro atoms. The van der Waals surface area contributed by atoms with E-state index in [1.807, 2.05) is 0 Å². The summed E-state index contributed by atoms with van der Waals surface area (Å²) in [4.78, 5) is 13.7. The van der Waals surface area contributed by atoms with E-state index in [1.54, 1.807) is 12.1 Å². The highest BCUT2D eigenvalue weighted by molar-refractivity contribution is 8.93. The molecule has 1 aromatic heterocycles. The van der Waals surface area contributed by atoms with Crippen molar-refractivity contribution in [3.63, 3.8) is 0 Å². The number of pyridine rings is 1. The number of aromatic carboxylic acids is 1. The molecule has 3 nitrogen and oxygen atoms in total.